The Labute approximate surface area is 149 Å². The third-order valence-corrected chi connectivity index (χ3v) is 4.34. The monoisotopic (exact) mass is 358 g/mol. The van der Waals surface area contributed by atoms with Crippen molar-refractivity contribution in [3.63, 3.8) is 0 Å². The Morgan fingerprint density at radius 2 is 2.08 bits per heavy atom. The average Bonchev–Trinajstić information content (AvgIpc) is 3.07. The summed E-state index contributed by atoms with van der Waals surface area (Å²) in [5.74, 6) is -0.410. The van der Waals surface area contributed by atoms with Gasteiger partial charge in [0.05, 0.1) is 12.8 Å². The maximum atomic E-state index is 14.4. The van der Waals surface area contributed by atoms with Crippen LogP contribution in [0.4, 0.5) is 4.39 Å². The Kier molecular flexibility index (Phi) is 4.50. The molecule has 0 spiro atoms. The summed E-state index contributed by atoms with van der Waals surface area (Å²) in [7, 11) is 4.64. The van der Waals surface area contributed by atoms with Crippen molar-refractivity contribution in [2.24, 2.45) is 7.05 Å². The third-order valence-electron chi connectivity index (χ3n) is 4.34. The molecule has 0 radical (unpaired) electrons. The second kappa shape index (κ2) is 6.62. The number of methoxy groups -OCH3 is 1. The minimum atomic E-state index is -0.513. The molecular formula is C18H19FN4O3. The zero-order chi connectivity index (χ0) is 19.0. The molecule has 3 aromatic rings. The van der Waals surface area contributed by atoms with Crippen LogP contribution in [0, 0.1) is 5.82 Å². The lowest BCUT2D eigenvalue weighted by molar-refractivity contribution is 0.0797. The van der Waals surface area contributed by atoms with Crippen LogP contribution in [0.2, 0.25) is 0 Å². The summed E-state index contributed by atoms with van der Waals surface area (Å²) >= 11 is 0. The second-order valence-corrected chi connectivity index (χ2v) is 5.90. The lowest BCUT2D eigenvalue weighted by Crippen LogP contribution is -2.26. The Morgan fingerprint density at radius 3 is 2.69 bits per heavy atom. The molecule has 0 saturated carbocycles. The van der Waals surface area contributed by atoms with E-state index in [1.807, 2.05) is 6.92 Å². The van der Waals surface area contributed by atoms with Crippen LogP contribution >= 0.6 is 0 Å². The lowest BCUT2D eigenvalue weighted by atomic mass is 10.1. The van der Waals surface area contributed by atoms with Gasteiger partial charge in [0.2, 0.25) is 5.65 Å². The summed E-state index contributed by atoms with van der Waals surface area (Å²) in [5, 5.41) is 0. The Morgan fingerprint density at radius 1 is 1.35 bits per heavy atom. The summed E-state index contributed by atoms with van der Waals surface area (Å²) in [6.45, 7) is 2.37. The van der Waals surface area contributed by atoms with Crippen molar-refractivity contribution in [1.82, 2.24) is 18.9 Å². The van der Waals surface area contributed by atoms with Crippen LogP contribution in [-0.2, 0) is 7.05 Å². The van der Waals surface area contributed by atoms with E-state index in [0.29, 0.717) is 18.0 Å². The van der Waals surface area contributed by atoms with E-state index in [-0.39, 0.29) is 22.8 Å². The van der Waals surface area contributed by atoms with Gasteiger partial charge in [-0.25, -0.2) is 9.37 Å². The number of hydrogen-bond acceptors (Lipinski definition) is 4. The number of benzene rings is 1. The molecule has 0 saturated heterocycles. The normalized spacial score (nSPS) is 11.0. The van der Waals surface area contributed by atoms with Gasteiger partial charge in [-0.1, -0.05) is 0 Å². The molecule has 0 fully saturated rings. The Balaban J connectivity index is 2.18. The van der Waals surface area contributed by atoms with E-state index < -0.39 is 11.4 Å². The van der Waals surface area contributed by atoms with E-state index >= 15 is 0 Å². The van der Waals surface area contributed by atoms with E-state index in [2.05, 4.69) is 4.98 Å². The van der Waals surface area contributed by atoms with Gasteiger partial charge in [-0.05, 0) is 19.1 Å². The molecule has 3 rings (SSSR count). The van der Waals surface area contributed by atoms with Gasteiger partial charge in [-0.2, -0.15) is 0 Å². The number of fused-ring (bicyclic) bond motifs is 1. The van der Waals surface area contributed by atoms with E-state index in [1.54, 1.807) is 25.4 Å². The van der Waals surface area contributed by atoms with Crippen LogP contribution in [0.5, 0.6) is 5.75 Å². The zero-order valence-corrected chi connectivity index (χ0v) is 15.0. The molecule has 1 aromatic carbocycles. The highest BCUT2D eigenvalue weighted by molar-refractivity contribution is 5.92. The highest BCUT2D eigenvalue weighted by Gasteiger charge is 2.19. The molecule has 0 atom stereocenters. The number of amides is 1. The van der Waals surface area contributed by atoms with Crippen LogP contribution in [0.25, 0.3) is 16.9 Å². The van der Waals surface area contributed by atoms with Gasteiger partial charge in [0.1, 0.15) is 17.3 Å². The van der Waals surface area contributed by atoms with E-state index in [9.17, 15) is 14.0 Å². The predicted octanol–water partition coefficient (Wildman–Crippen LogP) is 1.94. The Bertz CT molecular complexity index is 1050. The van der Waals surface area contributed by atoms with Gasteiger partial charge in [-0.15, -0.1) is 0 Å². The Hall–Kier alpha value is -3.16. The number of nitrogens with zero attached hydrogens (tertiary/aromatic N) is 4. The molecule has 0 N–H and O–H groups in total. The smallest absolute Gasteiger partial charge is 0.294 e. The van der Waals surface area contributed by atoms with Crippen molar-refractivity contribution in [3.05, 3.63) is 52.5 Å². The van der Waals surface area contributed by atoms with Gasteiger partial charge in [0.25, 0.3) is 11.5 Å². The first-order valence-corrected chi connectivity index (χ1v) is 8.05. The van der Waals surface area contributed by atoms with Crippen LogP contribution in [-0.4, -0.2) is 45.5 Å². The molecule has 0 unspecified atom stereocenters. The SMILES string of the molecule is CCN(C)C(=O)c1cn2cc(-c3ccc(OC)cc3F)n(C)c(=O)c2n1. The molecule has 1 amide bonds. The van der Waals surface area contributed by atoms with Gasteiger partial charge >= 0.3 is 0 Å². The largest absolute Gasteiger partial charge is 0.497 e. The molecule has 2 heterocycles. The van der Waals surface area contributed by atoms with Crippen molar-refractivity contribution >= 4 is 11.6 Å². The molecule has 0 aliphatic carbocycles. The van der Waals surface area contributed by atoms with Gasteiger partial charge in [0, 0.05) is 44.7 Å². The summed E-state index contributed by atoms with van der Waals surface area (Å²) in [6.07, 6.45) is 3.06. The number of ether oxygens (including phenoxy) is 1. The molecule has 0 aliphatic heterocycles. The average molecular weight is 358 g/mol. The highest BCUT2D eigenvalue weighted by Crippen LogP contribution is 2.25. The number of aromatic nitrogens is 3. The number of carbonyl (C=O) groups is 1. The molecule has 0 bridgehead atoms. The number of imidazole rings is 1. The first-order chi connectivity index (χ1) is 12.4. The molecule has 26 heavy (non-hydrogen) atoms. The van der Waals surface area contributed by atoms with Crippen molar-refractivity contribution in [2.75, 3.05) is 20.7 Å². The van der Waals surface area contributed by atoms with Crippen LogP contribution in [0.15, 0.2) is 35.4 Å². The maximum Gasteiger partial charge on any atom is 0.294 e. The quantitative estimate of drug-likeness (QED) is 0.715. The third kappa shape index (κ3) is 2.83. The standard InChI is InChI=1S/C18H19FN4O3/c1-5-21(2)17(24)14-9-23-10-15(22(3)18(25)16(23)20-14)12-7-6-11(26-4)8-13(12)19/h6-10H,5H2,1-4H3. The highest BCUT2D eigenvalue weighted by atomic mass is 19.1. The van der Waals surface area contributed by atoms with E-state index in [1.165, 1.54) is 40.3 Å². The van der Waals surface area contributed by atoms with Gasteiger partial charge in [-0.3, -0.25) is 14.0 Å². The molecule has 136 valence electrons. The van der Waals surface area contributed by atoms with Crippen molar-refractivity contribution < 1.29 is 13.9 Å². The number of carbonyl (C=O) groups excluding carboxylic acids is 1. The fourth-order valence-electron chi connectivity index (χ4n) is 2.65. The van der Waals surface area contributed by atoms with E-state index in [0.717, 1.165) is 0 Å². The number of rotatable bonds is 4. The zero-order valence-electron chi connectivity index (χ0n) is 15.0. The van der Waals surface area contributed by atoms with Crippen molar-refractivity contribution in [1.29, 1.82) is 0 Å². The van der Waals surface area contributed by atoms with E-state index in [4.69, 9.17) is 4.74 Å². The van der Waals surface area contributed by atoms with Gasteiger partial charge < -0.3 is 14.2 Å². The first kappa shape index (κ1) is 17.7. The molecule has 2 aromatic heterocycles. The predicted molar refractivity (Wildman–Crippen MR) is 95.0 cm³/mol. The van der Waals surface area contributed by atoms with Gasteiger partial charge in [0.15, 0.2) is 0 Å². The second-order valence-electron chi connectivity index (χ2n) is 5.90. The maximum absolute atomic E-state index is 14.4. The van der Waals surface area contributed by atoms with Crippen LogP contribution in [0.1, 0.15) is 17.4 Å². The summed E-state index contributed by atoms with van der Waals surface area (Å²) < 4.78 is 22.2. The van der Waals surface area contributed by atoms with Crippen molar-refractivity contribution in [3.8, 4) is 17.0 Å². The minimum Gasteiger partial charge on any atom is -0.497 e. The molecular weight excluding hydrogens is 339 g/mol. The fourth-order valence-corrected chi connectivity index (χ4v) is 2.65. The minimum absolute atomic E-state index is 0.109. The number of halogens is 1. The molecule has 7 nitrogen and oxygen atoms in total. The summed E-state index contributed by atoms with van der Waals surface area (Å²) in [5.41, 5.74) is 0.468. The van der Waals surface area contributed by atoms with Crippen molar-refractivity contribution in [2.45, 2.75) is 6.92 Å². The lowest BCUT2D eigenvalue weighted by Gasteiger charge is -2.11. The summed E-state index contributed by atoms with van der Waals surface area (Å²) in [6, 6.07) is 4.41. The van der Waals surface area contributed by atoms with Crippen LogP contribution in [0.3, 0.4) is 0 Å². The summed E-state index contributed by atoms with van der Waals surface area (Å²) in [4.78, 5) is 30.6. The number of hydrogen-bond donors (Lipinski definition) is 0. The molecule has 8 heteroatoms. The van der Waals surface area contributed by atoms with Crippen LogP contribution < -0.4 is 10.3 Å². The topological polar surface area (TPSA) is 68.8 Å². The first-order valence-electron chi connectivity index (χ1n) is 8.05. The molecule has 0 aliphatic rings. The fraction of sp³-hybridized carbons (Fsp3) is 0.278.